The number of hydrogen-bond donors (Lipinski definition) is 1. The average molecular weight is 404 g/mol. The third kappa shape index (κ3) is 4.09. The fraction of sp³-hybridized carbons (Fsp3) is 0.150. The molecule has 0 aliphatic rings. The Morgan fingerprint density at radius 1 is 1.11 bits per heavy atom. The van der Waals surface area contributed by atoms with Gasteiger partial charge in [-0.05, 0) is 55.8 Å². The predicted octanol–water partition coefficient (Wildman–Crippen LogP) is 3.96. The number of aromatic nitrogens is 2. The van der Waals surface area contributed by atoms with E-state index in [4.69, 9.17) is 11.6 Å². The summed E-state index contributed by atoms with van der Waals surface area (Å²) in [5.74, 6) is -2.71. The third-order valence-corrected chi connectivity index (χ3v) is 4.44. The summed E-state index contributed by atoms with van der Waals surface area (Å²) in [4.78, 5) is 24.8. The lowest BCUT2D eigenvalue weighted by molar-refractivity contribution is 0.0931. The number of nitrogens with one attached hydrogen (secondary N) is 1. The van der Waals surface area contributed by atoms with Gasteiger partial charge in [0.25, 0.3) is 5.91 Å². The van der Waals surface area contributed by atoms with E-state index in [1.165, 1.54) is 16.8 Å². The van der Waals surface area contributed by atoms with Crippen molar-refractivity contribution in [3.63, 3.8) is 0 Å². The highest BCUT2D eigenvalue weighted by Gasteiger charge is 2.19. The van der Waals surface area contributed by atoms with Crippen LogP contribution < -0.4 is 10.7 Å². The maximum atomic E-state index is 13.4. The van der Waals surface area contributed by atoms with Gasteiger partial charge in [-0.2, -0.15) is 5.10 Å². The standard InChI is InChI=1S/C20H16ClF2N3O2/c1-11-9-18(27)19(25-26(11)15-6-4-14(21)5-7-15)20(28)24-12(2)13-3-8-16(22)17(23)10-13/h3-10,12H,1-2H3,(H,24,28). The molecule has 2 aromatic carbocycles. The Kier molecular flexibility index (Phi) is 5.56. The molecule has 0 aliphatic carbocycles. The van der Waals surface area contributed by atoms with Gasteiger partial charge in [0.1, 0.15) is 0 Å². The molecule has 1 heterocycles. The molecule has 0 saturated carbocycles. The van der Waals surface area contributed by atoms with Crippen LogP contribution in [-0.2, 0) is 0 Å². The van der Waals surface area contributed by atoms with Gasteiger partial charge in [-0.3, -0.25) is 9.59 Å². The van der Waals surface area contributed by atoms with Crippen LogP contribution >= 0.6 is 11.6 Å². The molecule has 0 fully saturated rings. The molecule has 0 spiro atoms. The van der Waals surface area contributed by atoms with Crippen LogP contribution in [0.4, 0.5) is 8.78 Å². The van der Waals surface area contributed by atoms with Crippen molar-refractivity contribution in [2.45, 2.75) is 19.9 Å². The van der Waals surface area contributed by atoms with Crippen LogP contribution in [0.25, 0.3) is 5.69 Å². The van der Waals surface area contributed by atoms with E-state index in [1.54, 1.807) is 38.1 Å². The minimum absolute atomic E-state index is 0.310. The number of nitrogens with zero attached hydrogens (tertiary/aromatic N) is 2. The normalized spacial score (nSPS) is 11.9. The first-order chi connectivity index (χ1) is 13.3. The summed E-state index contributed by atoms with van der Waals surface area (Å²) < 4.78 is 28.0. The van der Waals surface area contributed by atoms with Crippen LogP contribution in [-0.4, -0.2) is 15.7 Å². The second-order valence-corrected chi connectivity index (χ2v) is 6.69. The van der Waals surface area contributed by atoms with Gasteiger partial charge in [0.05, 0.1) is 11.7 Å². The molecule has 1 atom stereocenters. The fourth-order valence-electron chi connectivity index (χ4n) is 2.68. The molecule has 3 rings (SSSR count). The smallest absolute Gasteiger partial charge is 0.276 e. The molecule has 1 unspecified atom stereocenters. The number of amides is 1. The largest absolute Gasteiger partial charge is 0.344 e. The molecule has 1 amide bonds. The molecule has 3 aromatic rings. The lowest BCUT2D eigenvalue weighted by Gasteiger charge is -2.15. The summed E-state index contributed by atoms with van der Waals surface area (Å²) >= 11 is 5.89. The SMILES string of the molecule is Cc1cc(=O)c(C(=O)NC(C)c2ccc(F)c(F)c2)nn1-c1ccc(Cl)cc1. The summed E-state index contributed by atoms with van der Waals surface area (Å²) in [7, 11) is 0. The summed E-state index contributed by atoms with van der Waals surface area (Å²) in [6, 6.07) is 10.7. The molecule has 0 radical (unpaired) electrons. The van der Waals surface area contributed by atoms with Gasteiger partial charge in [-0.15, -0.1) is 0 Å². The minimum atomic E-state index is -1.02. The van der Waals surface area contributed by atoms with Gasteiger partial charge in [0.2, 0.25) is 5.43 Å². The van der Waals surface area contributed by atoms with E-state index in [0.717, 1.165) is 12.1 Å². The topological polar surface area (TPSA) is 64.0 Å². The Bertz CT molecular complexity index is 1100. The summed E-state index contributed by atoms with van der Waals surface area (Å²) in [5, 5.41) is 7.29. The van der Waals surface area contributed by atoms with Crippen molar-refractivity contribution in [2.75, 3.05) is 0 Å². The van der Waals surface area contributed by atoms with Gasteiger partial charge in [-0.1, -0.05) is 17.7 Å². The second kappa shape index (κ2) is 7.90. The van der Waals surface area contributed by atoms with E-state index in [0.29, 0.717) is 22.0 Å². The van der Waals surface area contributed by atoms with Crippen molar-refractivity contribution in [3.8, 4) is 5.69 Å². The van der Waals surface area contributed by atoms with Crippen LogP contribution in [0.5, 0.6) is 0 Å². The van der Waals surface area contributed by atoms with Gasteiger partial charge >= 0.3 is 0 Å². The van der Waals surface area contributed by atoms with E-state index < -0.39 is 29.0 Å². The Morgan fingerprint density at radius 2 is 1.79 bits per heavy atom. The molecule has 28 heavy (non-hydrogen) atoms. The van der Waals surface area contributed by atoms with E-state index in [9.17, 15) is 18.4 Å². The molecular weight excluding hydrogens is 388 g/mol. The molecule has 5 nitrogen and oxygen atoms in total. The monoisotopic (exact) mass is 403 g/mol. The maximum Gasteiger partial charge on any atom is 0.276 e. The van der Waals surface area contributed by atoms with Crippen LogP contribution in [0.1, 0.15) is 34.7 Å². The zero-order valence-corrected chi connectivity index (χ0v) is 15.8. The van der Waals surface area contributed by atoms with Crippen molar-refractivity contribution in [1.29, 1.82) is 0 Å². The zero-order chi connectivity index (χ0) is 20.4. The average Bonchev–Trinajstić information content (AvgIpc) is 2.65. The third-order valence-electron chi connectivity index (χ3n) is 4.18. The van der Waals surface area contributed by atoms with Crippen molar-refractivity contribution < 1.29 is 13.6 Å². The Hall–Kier alpha value is -3.06. The highest BCUT2D eigenvalue weighted by atomic mass is 35.5. The highest BCUT2D eigenvalue weighted by Crippen LogP contribution is 2.17. The molecule has 1 aromatic heterocycles. The Balaban J connectivity index is 1.90. The molecule has 0 aliphatic heterocycles. The van der Waals surface area contributed by atoms with Crippen molar-refractivity contribution in [1.82, 2.24) is 15.1 Å². The van der Waals surface area contributed by atoms with Crippen molar-refractivity contribution in [3.05, 3.63) is 92.4 Å². The summed E-state index contributed by atoms with van der Waals surface area (Å²) in [5.41, 5.74) is 0.673. The van der Waals surface area contributed by atoms with E-state index in [1.807, 2.05) is 0 Å². The lowest BCUT2D eigenvalue weighted by atomic mass is 10.1. The number of hydrogen-bond acceptors (Lipinski definition) is 3. The zero-order valence-electron chi connectivity index (χ0n) is 15.0. The first kappa shape index (κ1) is 19.7. The number of rotatable bonds is 4. The van der Waals surface area contributed by atoms with Crippen molar-refractivity contribution >= 4 is 17.5 Å². The fourth-order valence-corrected chi connectivity index (χ4v) is 2.80. The lowest BCUT2D eigenvalue weighted by Crippen LogP contribution is -2.33. The minimum Gasteiger partial charge on any atom is -0.344 e. The quantitative estimate of drug-likeness (QED) is 0.717. The first-order valence-electron chi connectivity index (χ1n) is 8.39. The molecule has 144 valence electrons. The number of benzene rings is 2. The number of carbonyl (C=O) groups is 1. The first-order valence-corrected chi connectivity index (χ1v) is 8.77. The molecule has 0 saturated heterocycles. The highest BCUT2D eigenvalue weighted by molar-refractivity contribution is 6.30. The maximum absolute atomic E-state index is 13.4. The van der Waals surface area contributed by atoms with Crippen LogP contribution in [0.2, 0.25) is 5.02 Å². The predicted molar refractivity (Wildman–Crippen MR) is 102 cm³/mol. The van der Waals surface area contributed by atoms with Gasteiger partial charge in [-0.25, -0.2) is 13.5 Å². The van der Waals surface area contributed by atoms with Gasteiger partial charge < -0.3 is 5.32 Å². The van der Waals surface area contributed by atoms with Crippen LogP contribution in [0.3, 0.4) is 0 Å². The molecule has 8 heteroatoms. The Labute approximate surface area is 164 Å². The van der Waals surface area contributed by atoms with E-state index in [-0.39, 0.29) is 5.69 Å². The molecular formula is C20H16ClF2N3O2. The molecule has 0 bridgehead atoms. The number of carbonyl (C=O) groups excluding carboxylic acids is 1. The number of aryl methyl sites for hydroxylation is 1. The van der Waals surface area contributed by atoms with Gasteiger partial charge in [0, 0.05) is 16.8 Å². The summed E-state index contributed by atoms with van der Waals surface area (Å²) in [6.45, 7) is 3.28. The summed E-state index contributed by atoms with van der Waals surface area (Å²) in [6.07, 6.45) is 0. The van der Waals surface area contributed by atoms with Crippen LogP contribution in [0.15, 0.2) is 53.3 Å². The van der Waals surface area contributed by atoms with Crippen molar-refractivity contribution in [2.24, 2.45) is 0 Å². The van der Waals surface area contributed by atoms with Crippen LogP contribution in [0, 0.1) is 18.6 Å². The molecule has 1 N–H and O–H groups in total. The Morgan fingerprint density at radius 3 is 2.43 bits per heavy atom. The number of halogens is 3. The van der Waals surface area contributed by atoms with E-state index >= 15 is 0 Å². The van der Waals surface area contributed by atoms with Gasteiger partial charge in [0.15, 0.2) is 17.3 Å². The second-order valence-electron chi connectivity index (χ2n) is 6.26. The van der Waals surface area contributed by atoms with E-state index in [2.05, 4.69) is 10.4 Å².